The van der Waals surface area contributed by atoms with Crippen LogP contribution in [0.5, 0.6) is 5.75 Å². The van der Waals surface area contributed by atoms with Gasteiger partial charge in [0.1, 0.15) is 11.6 Å². The Morgan fingerprint density at radius 2 is 2.00 bits per heavy atom. The van der Waals surface area contributed by atoms with Gasteiger partial charge in [-0.25, -0.2) is 4.39 Å². The minimum atomic E-state index is -0.848. The molecule has 0 spiro atoms. The molecule has 0 aliphatic carbocycles. The number of benzene rings is 1. The molecule has 0 aliphatic rings. The van der Waals surface area contributed by atoms with Crippen molar-refractivity contribution in [3.05, 3.63) is 28.5 Å². The third kappa shape index (κ3) is 1.83. The Labute approximate surface area is 86.9 Å². The van der Waals surface area contributed by atoms with Crippen LogP contribution in [0.3, 0.4) is 0 Å². The minimum absolute atomic E-state index is 0.0486. The van der Waals surface area contributed by atoms with Crippen molar-refractivity contribution in [2.45, 2.75) is 19.3 Å². The van der Waals surface area contributed by atoms with E-state index in [1.165, 1.54) is 12.1 Å². The molecule has 78 valence electrons. The van der Waals surface area contributed by atoms with Crippen LogP contribution in [-0.2, 0) is 5.41 Å². The fraction of sp³-hybridized carbons (Fsp3) is 0.400. The Hall–Kier alpha value is -0.800. The molecule has 0 saturated carbocycles. The highest BCUT2D eigenvalue weighted by Gasteiger charge is 2.28. The minimum Gasteiger partial charge on any atom is -0.508 e. The van der Waals surface area contributed by atoms with Crippen LogP contribution in [0.1, 0.15) is 19.4 Å². The van der Waals surface area contributed by atoms with Crippen LogP contribution in [-0.4, -0.2) is 16.8 Å². The van der Waals surface area contributed by atoms with Gasteiger partial charge in [-0.15, -0.1) is 0 Å². The van der Waals surface area contributed by atoms with Crippen LogP contribution in [0.2, 0.25) is 5.02 Å². The topological polar surface area (TPSA) is 40.5 Å². The smallest absolute Gasteiger partial charge is 0.149 e. The lowest BCUT2D eigenvalue weighted by molar-refractivity contribution is 0.211. The van der Waals surface area contributed by atoms with Gasteiger partial charge in [-0.05, 0) is 12.1 Å². The molecule has 0 fully saturated rings. The zero-order valence-electron chi connectivity index (χ0n) is 8.01. The number of aliphatic hydroxyl groups excluding tert-OH is 1. The van der Waals surface area contributed by atoms with Crippen LogP contribution in [0.15, 0.2) is 12.1 Å². The second-order valence-electron chi connectivity index (χ2n) is 3.80. The summed E-state index contributed by atoms with van der Waals surface area (Å²) in [6.45, 7) is 2.99. The maximum Gasteiger partial charge on any atom is 0.149 e. The molecule has 2 nitrogen and oxygen atoms in total. The number of aliphatic hydroxyl groups is 1. The van der Waals surface area contributed by atoms with Crippen LogP contribution < -0.4 is 0 Å². The lowest BCUT2D eigenvalue weighted by Crippen LogP contribution is -2.23. The van der Waals surface area contributed by atoms with Crippen molar-refractivity contribution in [1.29, 1.82) is 0 Å². The first-order chi connectivity index (χ1) is 6.40. The largest absolute Gasteiger partial charge is 0.508 e. The SMILES string of the molecule is CC(C)(CO)c1c(O)ccc(Cl)c1F. The Kier molecular flexibility index (Phi) is 3.02. The second kappa shape index (κ2) is 3.75. The van der Waals surface area contributed by atoms with E-state index in [2.05, 4.69) is 0 Å². The quantitative estimate of drug-likeness (QED) is 0.801. The Morgan fingerprint density at radius 3 is 2.50 bits per heavy atom. The second-order valence-corrected chi connectivity index (χ2v) is 4.20. The molecule has 0 bridgehead atoms. The first kappa shape index (κ1) is 11.3. The van der Waals surface area contributed by atoms with E-state index in [0.29, 0.717) is 0 Å². The lowest BCUT2D eigenvalue weighted by atomic mass is 9.84. The molecule has 0 aromatic heterocycles. The highest BCUT2D eigenvalue weighted by Crippen LogP contribution is 2.35. The van der Waals surface area contributed by atoms with E-state index in [0.717, 1.165) is 0 Å². The summed E-state index contributed by atoms with van der Waals surface area (Å²) in [5.74, 6) is -0.864. The monoisotopic (exact) mass is 218 g/mol. The van der Waals surface area contributed by atoms with Crippen molar-refractivity contribution in [2.75, 3.05) is 6.61 Å². The van der Waals surface area contributed by atoms with Crippen molar-refractivity contribution < 1.29 is 14.6 Å². The third-order valence-electron chi connectivity index (χ3n) is 2.14. The van der Waals surface area contributed by atoms with Crippen molar-refractivity contribution in [3.8, 4) is 5.75 Å². The molecule has 0 unspecified atom stereocenters. The highest BCUT2D eigenvalue weighted by molar-refractivity contribution is 6.30. The predicted molar refractivity (Wildman–Crippen MR) is 53.2 cm³/mol. The molecule has 0 amide bonds. The molecule has 1 rings (SSSR count). The number of aromatic hydroxyl groups is 1. The summed E-state index contributed by atoms with van der Waals surface area (Å²) < 4.78 is 13.5. The molecule has 0 atom stereocenters. The van der Waals surface area contributed by atoms with E-state index in [9.17, 15) is 9.50 Å². The summed E-state index contributed by atoms with van der Waals surface area (Å²) in [7, 11) is 0. The predicted octanol–water partition coefficient (Wildman–Crippen LogP) is 2.45. The van der Waals surface area contributed by atoms with Crippen LogP contribution in [0.25, 0.3) is 0 Å². The van der Waals surface area contributed by atoms with Gasteiger partial charge in [-0.1, -0.05) is 25.4 Å². The van der Waals surface area contributed by atoms with E-state index >= 15 is 0 Å². The molecule has 1 aromatic carbocycles. The van der Waals surface area contributed by atoms with Gasteiger partial charge in [-0.3, -0.25) is 0 Å². The van der Waals surface area contributed by atoms with Gasteiger partial charge in [0.2, 0.25) is 0 Å². The molecule has 0 saturated heterocycles. The summed E-state index contributed by atoms with van der Waals surface area (Å²) in [6, 6.07) is 2.60. The summed E-state index contributed by atoms with van der Waals surface area (Å²) in [5.41, 5.74) is -0.800. The van der Waals surface area contributed by atoms with Crippen LogP contribution >= 0.6 is 11.6 Å². The first-order valence-electron chi connectivity index (χ1n) is 4.18. The molecule has 0 heterocycles. The van der Waals surface area contributed by atoms with Gasteiger partial charge in [0, 0.05) is 11.0 Å². The molecule has 4 heteroatoms. The van der Waals surface area contributed by atoms with E-state index in [1.807, 2.05) is 0 Å². The summed E-state index contributed by atoms with van der Waals surface area (Å²) in [6.07, 6.45) is 0. The molecular formula is C10H12ClFO2. The number of halogens is 2. The van der Waals surface area contributed by atoms with Gasteiger partial charge in [-0.2, -0.15) is 0 Å². The average Bonchev–Trinajstić information content (AvgIpc) is 2.12. The molecule has 2 N–H and O–H groups in total. The third-order valence-corrected chi connectivity index (χ3v) is 2.44. The number of hydrogen-bond acceptors (Lipinski definition) is 2. The number of hydrogen-bond donors (Lipinski definition) is 2. The summed E-state index contributed by atoms with van der Waals surface area (Å²) in [4.78, 5) is 0. The fourth-order valence-electron chi connectivity index (χ4n) is 1.26. The lowest BCUT2D eigenvalue weighted by Gasteiger charge is -2.24. The van der Waals surface area contributed by atoms with Gasteiger partial charge in [0.15, 0.2) is 0 Å². The van der Waals surface area contributed by atoms with E-state index in [-0.39, 0.29) is 22.9 Å². The van der Waals surface area contributed by atoms with Gasteiger partial charge in [0.05, 0.1) is 11.6 Å². The van der Waals surface area contributed by atoms with Gasteiger partial charge < -0.3 is 10.2 Å². The van der Waals surface area contributed by atoms with Crippen LogP contribution in [0, 0.1) is 5.82 Å². The van der Waals surface area contributed by atoms with E-state index < -0.39 is 11.2 Å². The molecule has 0 radical (unpaired) electrons. The molecule has 14 heavy (non-hydrogen) atoms. The van der Waals surface area contributed by atoms with Crippen molar-refractivity contribution in [2.24, 2.45) is 0 Å². The first-order valence-corrected chi connectivity index (χ1v) is 4.56. The normalized spacial score (nSPS) is 11.8. The Balaban J connectivity index is 3.40. The molecule has 0 aliphatic heterocycles. The highest BCUT2D eigenvalue weighted by atomic mass is 35.5. The van der Waals surface area contributed by atoms with E-state index in [1.54, 1.807) is 13.8 Å². The van der Waals surface area contributed by atoms with E-state index in [4.69, 9.17) is 16.7 Å². The Morgan fingerprint density at radius 1 is 1.43 bits per heavy atom. The Bertz CT molecular complexity index is 350. The molecule has 1 aromatic rings. The maximum atomic E-state index is 13.5. The standard InChI is InChI=1S/C10H12ClFO2/c1-10(2,5-13)8-7(14)4-3-6(11)9(8)12/h3-4,13-14H,5H2,1-2H3. The number of phenols is 1. The number of rotatable bonds is 2. The zero-order chi connectivity index (χ0) is 10.9. The molecular weight excluding hydrogens is 207 g/mol. The van der Waals surface area contributed by atoms with Crippen molar-refractivity contribution in [3.63, 3.8) is 0 Å². The van der Waals surface area contributed by atoms with Crippen molar-refractivity contribution >= 4 is 11.6 Å². The summed E-state index contributed by atoms with van der Waals surface area (Å²) in [5, 5.41) is 18.5. The maximum absolute atomic E-state index is 13.5. The summed E-state index contributed by atoms with van der Waals surface area (Å²) >= 11 is 5.58. The van der Waals surface area contributed by atoms with Crippen LogP contribution in [0.4, 0.5) is 4.39 Å². The zero-order valence-corrected chi connectivity index (χ0v) is 8.77. The van der Waals surface area contributed by atoms with Crippen molar-refractivity contribution in [1.82, 2.24) is 0 Å². The van der Waals surface area contributed by atoms with Gasteiger partial charge >= 0.3 is 0 Å². The fourth-order valence-corrected chi connectivity index (χ4v) is 1.42. The van der Waals surface area contributed by atoms with Gasteiger partial charge in [0.25, 0.3) is 0 Å². The number of phenolic OH excluding ortho intramolecular Hbond substituents is 1. The average molecular weight is 219 g/mol.